The van der Waals surface area contributed by atoms with Gasteiger partial charge in [0.15, 0.2) is 0 Å². The molecular formula is C17H21N3S. The Morgan fingerprint density at radius 3 is 2.71 bits per heavy atom. The highest BCUT2D eigenvalue weighted by atomic mass is 32.1. The highest BCUT2D eigenvalue weighted by Crippen LogP contribution is 2.29. The third-order valence-electron chi connectivity index (χ3n) is 4.53. The Morgan fingerprint density at radius 1 is 1.33 bits per heavy atom. The van der Waals surface area contributed by atoms with E-state index in [1.165, 1.54) is 22.4 Å². The van der Waals surface area contributed by atoms with E-state index in [0.29, 0.717) is 4.99 Å². The van der Waals surface area contributed by atoms with Crippen molar-refractivity contribution in [3.63, 3.8) is 0 Å². The fraction of sp³-hybridized carbons (Fsp3) is 0.412. The predicted molar refractivity (Wildman–Crippen MR) is 91.8 cm³/mol. The molecule has 0 spiro atoms. The molecule has 1 aliphatic rings. The van der Waals surface area contributed by atoms with E-state index in [2.05, 4.69) is 37.8 Å². The summed E-state index contributed by atoms with van der Waals surface area (Å²) in [6, 6.07) is 4.33. The van der Waals surface area contributed by atoms with E-state index in [-0.39, 0.29) is 0 Å². The van der Waals surface area contributed by atoms with Gasteiger partial charge in [-0.3, -0.25) is 9.88 Å². The van der Waals surface area contributed by atoms with Crippen molar-refractivity contribution in [3.05, 3.63) is 40.1 Å². The van der Waals surface area contributed by atoms with Gasteiger partial charge in [-0.05, 0) is 49.2 Å². The first kappa shape index (κ1) is 14.4. The minimum atomic E-state index is 0.486. The van der Waals surface area contributed by atoms with E-state index in [0.717, 1.165) is 42.5 Å². The molecule has 0 atom stereocenters. The number of thiocarbonyl (C=S) groups is 1. The van der Waals surface area contributed by atoms with E-state index >= 15 is 0 Å². The van der Waals surface area contributed by atoms with Crippen LogP contribution in [0.3, 0.4) is 0 Å². The van der Waals surface area contributed by atoms with Gasteiger partial charge in [-0.2, -0.15) is 0 Å². The van der Waals surface area contributed by atoms with Crippen molar-refractivity contribution in [2.24, 2.45) is 5.73 Å². The summed E-state index contributed by atoms with van der Waals surface area (Å²) in [5, 5.41) is 1.10. The molecule has 0 bridgehead atoms. The number of fused-ring (bicyclic) bond motifs is 2. The summed E-state index contributed by atoms with van der Waals surface area (Å²) < 4.78 is 0. The molecule has 2 heterocycles. The van der Waals surface area contributed by atoms with Crippen LogP contribution in [-0.4, -0.2) is 28.0 Å². The molecule has 1 aliphatic heterocycles. The smallest absolute Gasteiger partial charge is 0.105 e. The summed E-state index contributed by atoms with van der Waals surface area (Å²) in [5.41, 5.74) is 13.0. The highest BCUT2D eigenvalue weighted by molar-refractivity contribution is 7.80. The summed E-state index contributed by atoms with van der Waals surface area (Å²) in [5.74, 6) is 0. The van der Waals surface area contributed by atoms with E-state index in [1.807, 2.05) is 0 Å². The van der Waals surface area contributed by atoms with Crippen LogP contribution in [0.1, 0.15) is 34.9 Å². The molecule has 4 heteroatoms. The zero-order chi connectivity index (χ0) is 15.1. The number of aryl methyl sites for hydroxylation is 2. The lowest BCUT2D eigenvalue weighted by atomic mass is 9.94. The number of benzene rings is 1. The first-order valence-electron chi connectivity index (χ1n) is 7.46. The second kappa shape index (κ2) is 5.35. The third-order valence-corrected chi connectivity index (χ3v) is 4.73. The van der Waals surface area contributed by atoms with Crippen LogP contribution in [-0.2, 0) is 13.0 Å². The number of pyridine rings is 1. The van der Waals surface area contributed by atoms with Crippen molar-refractivity contribution in [2.45, 2.75) is 33.7 Å². The number of aromatic nitrogens is 1. The predicted octanol–water partition coefficient (Wildman–Crippen LogP) is 2.86. The van der Waals surface area contributed by atoms with Gasteiger partial charge in [-0.25, -0.2) is 0 Å². The SMILES string of the molecule is CCN1CCc2nc3cc(C)c(C)cc3c(C(N)=S)c2C1. The van der Waals surface area contributed by atoms with E-state index in [9.17, 15) is 0 Å². The van der Waals surface area contributed by atoms with Crippen molar-refractivity contribution < 1.29 is 0 Å². The Hall–Kier alpha value is -1.52. The molecule has 110 valence electrons. The summed E-state index contributed by atoms with van der Waals surface area (Å²) in [7, 11) is 0. The molecule has 2 aromatic rings. The first-order chi connectivity index (χ1) is 10.0. The van der Waals surface area contributed by atoms with Crippen LogP contribution in [0.2, 0.25) is 0 Å². The number of hydrogen-bond acceptors (Lipinski definition) is 3. The van der Waals surface area contributed by atoms with Gasteiger partial charge in [0, 0.05) is 36.2 Å². The van der Waals surface area contributed by atoms with Gasteiger partial charge in [0.1, 0.15) is 4.99 Å². The standard InChI is InChI=1S/C17H21N3S/c1-4-20-6-5-14-13(9-20)16(17(18)21)12-7-10(2)11(3)8-15(12)19-14/h7-8H,4-6,9H2,1-3H3,(H2,18,21). The van der Waals surface area contributed by atoms with Gasteiger partial charge in [0.25, 0.3) is 0 Å². The average Bonchev–Trinajstić information content (AvgIpc) is 2.45. The fourth-order valence-corrected chi connectivity index (χ4v) is 3.34. The molecule has 2 N–H and O–H groups in total. The number of likely N-dealkylation sites (N-methyl/N-ethyl adjacent to an activating group) is 1. The summed E-state index contributed by atoms with van der Waals surface area (Å²) in [4.78, 5) is 7.79. The molecule has 0 aliphatic carbocycles. The molecule has 1 aromatic heterocycles. The molecule has 0 amide bonds. The first-order valence-corrected chi connectivity index (χ1v) is 7.87. The maximum absolute atomic E-state index is 6.06. The normalized spacial score (nSPS) is 15.2. The lowest BCUT2D eigenvalue weighted by molar-refractivity contribution is 0.266. The summed E-state index contributed by atoms with van der Waals surface area (Å²) >= 11 is 5.36. The minimum Gasteiger partial charge on any atom is -0.389 e. The molecule has 3 nitrogen and oxygen atoms in total. The van der Waals surface area contributed by atoms with Crippen molar-refractivity contribution >= 4 is 28.1 Å². The molecule has 0 radical (unpaired) electrons. The zero-order valence-electron chi connectivity index (χ0n) is 12.9. The van der Waals surface area contributed by atoms with Crippen molar-refractivity contribution in [2.75, 3.05) is 13.1 Å². The van der Waals surface area contributed by atoms with Crippen LogP contribution < -0.4 is 5.73 Å². The molecule has 3 rings (SSSR count). The van der Waals surface area contributed by atoms with E-state index in [4.69, 9.17) is 22.9 Å². The molecule has 0 fully saturated rings. The van der Waals surface area contributed by atoms with Crippen LogP contribution in [0.25, 0.3) is 10.9 Å². The molecular weight excluding hydrogens is 278 g/mol. The number of hydrogen-bond donors (Lipinski definition) is 1. The monoisotopic (exact) mass is 299 g/mol. The molecule has 0 saturated heterocycles. The van der Waals surface area contributed by atoms with Crippen molar-refractivity contribution in [1.82, 2.24) is 9.88 Å². The highest BCUT2D eigenvalue weighted by Gasteiger charge is 2.23. The van der Waals surface area contributed by atoms with Crippen LogP contribution in [0.5, 0.6) is 0 Å². The third kappa shape index (κ3) is 2.43. The van der Waals surface area contributed by atoms with Crippen LogP contribution >= 0.6 is 12.2 Å². The summed E-state index contributed by atoms with van der Waals surface area (Å²) in [6.07, 6.45) is 0.974. The van der Waals surface area contributed by atoms with Gasteiger partial charge < -0.3 is 5.73 Å². The lowest BCUT2D eigenvalue weighted by Gasteiger charge is -2.29. The van der Waals surface area contributed by atoms with Gasteiger partial charge in [-0.15, -0.1) is 0 Å². The van der Waals surface area contributed by atoms with E-state index < -0.39 is 0 Å². The number of nitrogens with zero attached hydrogens (tertiary/aromatic N) is 2. The van der Waals surface area contributed by atoms with Crippen LogP contribution in [0.15, 0.2) is 12.1 Å². The largest absolute Gasteiger partial charge is 0.389 e. The lowest BCUT2D eigenvalue weighted by Crippen LogP contribution is -2.33. The Kier molecular flexibility index (Phi) is 3.68. The average molecular weight is 299 g/mol. The molecule has 0 unspecified atom stereocenters. The Morgan fingerprint density at radius 2 is 2.05 bits per heavy atom. The minimum absolute atomic E-state index is 0.486. The van der Waals surface area contributed by atoms with Crippen molar-refractivity contribution in [3.8, 4) is 0 Å². The maximum Gasteiger partial charge on any atom is 0.105 e. The van der Waals surface area contributed by atoms with Gasteiger partial charge in [-0.1, -0.05) is 19.1 Å². The summed E-state index contributed by atoms with van der Waals surface area (Å²) in [6.45, 7) is 9.43. The molecule has 0 saturated carbocycles. The van der Waals surface area contributed by atoms with Gasteiger partial charge in [0.05, 0.1) is 5.52 Å². The fourth-order valence-electron chi connectivity index (χ4n) is 3.11. The van der Waals surface area contributed by atoms with Gasteiger partial charge in [0.2, 0.25) is 0 Å². The molecule has 21 heavy (non-hydrogen) atoms. The zero-order valence-corrected chi connectivity index (χ0v) is 13.7. The Bertz CT molecular complexity index is 737. The van der Waals surface area contributed by atoms with E-state index in [1.54, 1.807) is 0 Å². The van der Waals surface area contributed by atoms with Crippen LogP contribution in [0, 0.1) is 13.8 Å². The van der Waals surface area contributed by atoms with Crippen LogP contribution in [0.4, 0.5) is 0 Å². The quantitative estimate of drug-likeness (QED) is 0.866. The number of nitrogens with two attached hydrogens (primary N) is 1. The van der Waals surface area contributed by atoms with Gasteiger partial charge >= 0.3 is 0 Å². The second-order valence-corrected chi connectivity index (χ2v) is 6.29. The Labute approximate surface area is 131 Å². The Balaban J connectivity index is 2.32. The second-order valence-electron chi connectivity index (χ2n) is 5.85. The number of rotatable bonds is 2. The topological polar surface area (TPSA) is 42.2 Å². The van der Waals surface area contributed by atoms with Crippen molar-refractivity contribution in [1.29, 1.82) is 0 Å². The maximum atomic E-state index is 6.06. The molecule has 1 aromatic carbocycles.